The number of hydrogen-bond acceptors (Lipinski definition) is 5. The molecule has 2 aliphatic carbocycles. The predicted molar refractivity (Wildman–Crippen MR) is 95.5 cm³/mol. The second-order valence-electron chi connectivity index (χ2n) is 9.57. The van der Waals surface area contributed by atoms with Gasteiger partial charge < -0.3 is 25.2 Å². The van der Waals surface area contributed by atoms with Gasteiger partial charge >= 0.3 is 5.97 Å². The highest BCUT2D eigenvalue weighted by atomic mass is 16.5. The summed E-state index contributed by atoms with van der Waals surface area (Å²) in [6.45, 7) is 5.96. The standard InChI is InChI=1S/C20H34O6/c1-13-4-5-14-17(2,11-21)15(23)6-7-18(14,3)20(13)9-8-19(12-22,26-20)10-16(24)25/h13-15,21-23H,4-12H2,1-3H3,(H,24,25)/t13-,14+,15-,17-,18-,19+,20+/m0/s1. The Hall–Kier alpha value is -0.690. The highest BCUT2D eigenvalue weighted by Gasteiger charge is 2.68. The minimum absolute atomic E-state index is 0.0703. The van der Waals surface area contributed by atoms with E-state index in [-0.39, 0.29) is 36.9 Å². The average molecular weight is 370 g/mol. The number of hydrogen-bond donors (Lipinski definition) is 4. The molecule has 2 saturated carbocycles. The minimum Gasteiger partial charge on any atom is -0.481 e. The number of rotatable bonds is 4. The fraction of sp³-hybridized carbons (Fsp3) is 0.950. The van der Waals surface area contributed by atoms with Gasteiger partial charge in [0.05, 0.1) is 31.3 Å². The molecule has 7 atom stereocenters. The molecule has 1 spiro atoms. The number of aliphatic hydroxyl groups excluding tert-OH is 3. The average Bonchev–Trinajstić information content (AvgIpc) is 2.98. The molecule has 0 amide bonds. The van der Waals surface area contributed by atoms with Crippen LogP contribution in [0.3, 0.4) is 0 Å². The molecule has 3 aliphatic rings. The summed E-state index contributed by atoms with van der Waals surface area (Å²) < 4.78 is 6.60. The van der Waals surface area contributed by atoms with Gasteiger partial charge in [0.2, 0.25) is 0 Å². The molecule has 1 aliphatic heterocycles. The maximum Gasteiger partial charge on any atom is 0.306 e. The number of carboxylic acids is 1. The van der Waals surface area contributed by atoms with Crippen molar-refractivity contribution >= 4 is 5.97 Å². The first-order valence-electron chi connectivity index (χ1n) is 9.91. The van der Waals surface area contributed by atoms with E-state index in [1.165, 1.54) is 0 Å². The van der Waals surface area contributed by atoms with E-state index in [9.17, 15) is 25.2 Å². The van der Waals surface area contributed by atoms with Crippen molar-refractivity contribution in [1.29, 1.82) is 0 Å². The Morgan fingerprint density at radius 2 is 1.77 bits per heavy atom. The number of ether oxygens (including phenoxy) is 1. The third-order valence-electron chi connectivity index (χ3n) is 8.37. The van der Waals surface area contributed by atoms with E-state index in [1.807, 2.05) is 6.92 Å². The molecule has 6 nitrogen and oxygen atoms in total. The van der Waals surface area contributed by atoms with Crippen LogP contribution >= 0.6 is 0 Å². The van der Waals surface area contributed by atoms with E-state index < -0.39 is 28.7 Å². The van der Waals surface area contributed by atoms with Crippen LogP contribution in [0.2, 0.25) is 0 Å². The SMILES string of the molecule is C[C@H]1CC[C@@H]2[C@](C)(CO)[C@@H](O)CC[C@]2(C)[C@@]12CC[C@](CO)(CC(=O)O)O2. The Balaban J connectivity index is 2.02. The third-order valence-corrected chi connectivity index (χ3v) is 8.37. The number of carboxylic acid groups (broad SMARTS) is 1. The van der Waals surface area contributed by atoms with Crippen molar-refractivity contribution in [3.63, 3.8) is 0 Å². The lowest BCUT2D eigenvalue weighted by Gasteiger charge is -2.65. The van der Waals surface area contributed by atoms with Crippen LogP contribution in [0.1, 0.15) is 65.7 Å². The van der Waals surface area contributed by atoms with Gasteiger partial charge in [-0.15, -0.1) is 0 Å². The fourth-order valence-electron chi connectivity index (χ4n) is 6.70. The maximum absolute atomic E-state index is 11.4. The number of aliphatic carboxylic acids is 1. The van der Waals surface area contributed by atoms with Crippen LogP contribution in [0.4, 0.5) is 0 Å². The third kappa shape index (κ3) is 2.56. The second-order valence-corrected chi connectivity index (χ2v) is 9.57. The normalized spacial score (nSPS) is 51.4. The zero-order valence-corrected chi connectivity index (χ0v) is 16.2. The van der Waals surface area contributed by atoms with E-state index in [4.69, 9.17) is 4.74 Å². The predicted octanol–water partition coefficient (Wildman–Crippen LogP) is 1.95. The molecule has 150 valence electrons. The first-order valence-corrected chi connectivity index (χ1v) is 9.91. The molecule has 0 radical (unpaired) electrons. The van der Waals surface area contributed by atoms with Crippen LogP contribution in [-0.2, 0) is 9.53 Å². The fourth-order valence-corrected chi connectivity index (χ4v) is 6.70. The number of carbonyl (C=O) groups is 1. The van der Waals surface area contributed by atoms with E-state index >= 15 is 0 Å². The Labute approximate surface area is 155 Å². The van der Waals surface area contributed by atoms with Crippen LogP contribution < -0.4 is 0 Å². The van der Waals surface area contributed by atoms with Gasteiger partial charge in [-0.05, 0) is 50.4 Å². The molecule has 0 aromatic heterocycles. The van der Waals surface area contributed by atoms with Crippen LogP contribution in [-0.4, -0.2) is 56.9 Å². The molecule has 26 heavy (non-hydrogen) atoms. The van der Waals surface area contributed by atoms with Crippen molar-refractivity contribution in [1.82, 2.24) is 0 Å². The van der Waals surface area contributed by atoms with Gasteiger partial charge in [0.15, 0.2) is 0 Å². The van der Waals surface area contributed by atoms with E-state index in [1.54, 1.807) is 0 Å². The minimum atomic E-state index is -1.03. The molecule has 3 rings (SSSR count). The van der Waals surface area contributed by atoms with Gasteiger partial charge in [-0.3, -0.25) is 4.79 Å². The lowest BCUT2D eigenvalue weighted by Crippen LogP contribution is -2.66. The largest absolute Gasteiger partial charge is 0.481 e. The topological polar surface area (TPSA) is 107 Å². The van der Waals surface area contributed by atoms with Crippen molar-refractivity contribution in [2.75, 3.05) is 13.2 Å². The van der Waals surface area contributed by atoms with Gasteiger partial charge in [0, 0.05) is 10.8 Å². The van der Waals surface area contributed by atoms with E-state index in [0.29, 0.717) is 19.3 Å². The van der Waals surface area contributed by atoms with Gasteiger partial charge in [-0.25, -0.2) is 0 Å². The summed E-state index contributed by atoms with van der Waals surface area (Å²) in [7, 11) is 0. The zero-order chi connectivity index (χ0) is 19.4. The Kier molecular flexibility index (Phi) is 4.96. The second kappa shape index (κ2) is 6.43. The molecule has 0 aromatic rings. The molecule has 1 saturated heterocycles. The number of fused-ring (bicyclic) bond motifs is 2. The first-order chi connectivity index (χ1) is 12.1. The molecular formula is C20H34O6. The molecule has 4 N–H and O–H groups in total. The van der Waals surface area contributed by atoms with Gasteiger partial charge in [0.1, 0.15) is 5.60 Å². The van der Waals surface area contributed by atoms with Crippen molar-refractivity contribution in [3.05, 3.63) is 0 Å². The molecule has 3 fully saturated rings. The van der Waals surface area contributed by atoms with Crippen LogP contribution in [0.5, 0.6) is 0 Å². The van der Waals surface area contributed by atoms with Crippen LogP contribution in [0.15, 0.2) is 0 Å². The molecule has 0 bridgehead atoms. The summed E-state index contributed by atoms with van der Waals surface area (Å²) in [4.78, 5) is 11.4. The smallest absolute Gasteiger partial charge is 0.306 e. The monoisotopic (exact) mass is 370 g/mol. The summed E-state index contributed by atoms with van der Waals surface area (Å²) in [5, 5.41) is 40.0. The van der Waals surface area contributed by atoms with Crippen LogP contribution in [0, 0.1) is 22.7 Å². The van der Waals surface area contributed by atoms with Crippen molar-refractivity contribution < 1.29 is 30.0 Å². The van der Waals surface area contributed by atoms with Gasteiger partial charge in [-0.2, -0.15) is 0 Å². The molecular weight excluding hydrogens is 336 g/mol. The lowest BCUT2D eigenvalue weighted by atomic mass is 9.43. The van der Waals surface area contributed by atoms with E-state index in [0.717, 1.165) is 19.3 Å². The van der Waals surface area contributed by atoms with Crippen molar-refractivity contribution in [2.45, 2.75) is 83.0 Å². The molecule has 6 heteroatoms. The van der Waals surface area contributed by atoms with Crippen molar-refractivity contribution in [2.24, 2.45) is 22.7 Å². The van der Waals surface area contributed by atoms with Gasteiger partial charge in [0.25, 0.3) is 0 Å². The highest BCUT2D eigenvalue weighted by Crippen LogP contribution is 2.67. The summed E-state index contributed by atoms with van der Waals surface area (Å²) in [6.07, 6.45) is 3.73. The maximum atomic E-state index is 11.4. The highest BCUT2D eigenvalue weighted by molar-refractivity contribution is 5.68. The molecule has 0 aromatic carbocycles. The molecule has 0 unspecified atom stereocenters. The Morgan fingerprint density at radius 1 is 1.08 bits per heavy atom. The number of aliphatic hydroxyl groups is 3. The quantitative estimate of drug-likeness (QED) is 0.602. The Bertz CT molecular complexity index is 567. The van der Waals surface area contributed by atoms with E-state index in [2.05, 4.69) is 13.8 Å². The van der Waals surface area contributed by atoms with Crippen LogP contribution in [0.25, 0.3) is 0 Å². The molecule has 1 heterocycles. The Morgan fingerprint density at radius 3 is 2.35 bits per heavy atom. The summed E-state index contributed by atoms with van der Waals surface area (Å²) >= 11 is 0. The summed E-state index contributed by atoms with van der Waals surface area (Å²) in [5.74, 6) is -0.621. The zero-order valence-electron chi connectivity index (χ0n) is 16.2. The van der Waals surface area contributed by atoms with Gasteiger partial charge in [-0.1, -0.05) is 20.8 Å². The summed E-state index contributed by atoms with van der Waals surface area (Å²) in [5.41, 5.74) is -2.40. The summed E-state index contributed by atoms with van der Waals surface area (Å²) in [6, 6.07) is 0. The first kappa shape index (κ1) is 20.1. The van der Waals surface area contributed by atoms with Crippen molar-refractivity contribution in [3.8, 4) is 0 Å². The lowest BCUT2D eigenvalue weighted by molar-refractivity contribution is -0.271.